The van der Waals surface area contributed by atoms with Crippen LogP contribution in [0.5, 0.6) is 0 Å². The molecule has 2 aromatic heterocycles. The lowest BCUT2D eigenvalue weighted by molar-refractivity contribution is 0.587. The minimum atomic E-state index is -3.62. The van der Waals surface area contributed by atoms with E-state index in [0.717, 1.165) is 10.9 Å². The van der Waals surface area contributed by atoms with Crippen molar-refractivity contribution in [3.8, 4) is 0 Å². The average Bonchev–Trinajstić information content (AvgIpc) is 2.78. The Hall–Kier alpha value is -2.14. The summed E-state index contributed by atoms with van der Waals surface area (Å²) < 4.78 is 26.8. The molecule has 5 heteroatoms. The molecule has 0 radical (unpaired) electrons. The highest BCUT2D eigenvalue weighted by Crippen LogP contribution is 2.25. The summed E-state index contributed by atoms with van der Waals surface area (Å²) in [5.41, 5.74) is 2.15. The zero-order chi connectivity index (χ0) is 14.3. The average molecular weight is 286 g/mol. The van der Waals surface area contributed by atoms with Crippen LogP contribution < -0.4 is 0 Å². The van der Waals surface area contributed by atoms with Gasteiger partial charge in [-0.25, -0.2) is 17.4 Å². The maximum absolute atomic E-state index is 12.8. The first-order valence-electron chi connectivity index (χ1n) is 6.26. The van der Waals surface area contributed by atoms with E-state index in [-0.39, 0.29) is 4.90 Å². The van der Waals surface area contributed by atoms with Crippen molar-refractivity contribution in [2.75, 3.05) is 0 Å². The van der Waals surface area contributed by atoms with Gasteiger partial charge in [0.15, 0.2) is 5.65 Å². The van der Waals surface area contributed by atoms with Gasteiger partial charge in [0.2, 0.25) is 0 Å². The Morgan fingerprint density at radius 3 is 2.45 bits per heavy atom. The molecule has 3 aromatic rings. The summed E-state index contributed by atoms with van der Waals surface area (Å²) >= 11 is 0. The molecular weight excluding hydrogens is 272 g/mol. The molecule has 0 fully saturated rings. The van der Waals surface area contributed by atoms with Crippen LogP contribution >= 0.6 is 0 Å². The van der Waals surface area contributed by atoms with E-state index in [1.54, 1.807) is 43.5 Å². The van der Waals surface area contributed by atoms with Gasteiger partial charge in [-0.3, -0.25) is 0 Å². The molecule has 0 bridgehead atoms. The second kappa shape index (κ2) is 4.45. The summed E-state index contributed by atoms with van der Waals surface area (Å²) in [7, 11) is -3.62. The highest BCUT2D eigenvalue weighted by atomic mass is 32.2. The van der Waals surface area contributed by atoms with E-state index in [0.29, 0.717) is 11.3 Å². The minimum Gasteiger partial charge on any atom is -0.237 e. The summed E-state index contributed by atoms with van der Waals surface area (Å²) in [6.07, 6.45) is 1.63. The number of hydrogen-bond acceptors (Lipinski definition) is 3. The van der Waals surface area contributed by atoms with Gasteiger partial charge in [-0.1, -0.05) is 18.2 Å². The molecule has 4 nitrogen and oxygen atoms in total. The van der Waals surface area contributed by atoms with Crippen LogP contribution in [0.1, 0.15) is 11.3 Å². The lowest BCUT2D eigenvalue weighted by atomic mass is 10.2. The second-order valence-electron chi connectivity index (χ2n) is 4.73. The molecule has 0 aliphatic rings. The number of nitrogens with zero attached hydrogens (tertiary/aromatic N) is 2. The molecule has 2 heterocycles. The Kier molecular flexibility index (Phi) is 2.87. The summed E-state index contributed by atoms with van der Waals surface area (Å²) in [6.45, 7) is 3.73. The van der Waals surface area contributed by atoms with Crippen LogP contribution in [0.3, 0.4) is 0 Å². The van der Waals surface area contributed by atoms with E-state index in [4.69, 9.17) is 0 Å². The predicted octanol–water partition coefficient (Wildman–Crippen LogP) is 2.89. The van der Waals surface area contributed by atoms with E-state index in [2.05, 4.69) is 4.98 Å². The number of fused-ring (bicyclic) bond motifs is 1. The molecule has 0 saturated carbocycles. The van der Waals surface area contributed by atoms with Crippen molar-refractivity contribution in [3.05, 3.63) is 59.9 Å². The Labute approximate surface area is 117 Å². The Morgan fingerprint density at radius 2 is 1.75 bits per heavy atom. The number of benzene rings is 1. The minimum absolute atomic E-state index is 0.268. The van der Waals surface area contributed by atoms with Crippen molar-refractivity contribution < 1.29 is 8.42 Å². The fourth-order valence-corrected chi connectivity index (χ4v) is 3.85. The lowest BCUT2D eigenvalue weighted by Gasteiger charge is -2.09. The number of pyridine rings is 1. The molecule has 0 N–H and O–H groups in total. The van der Waals surface area contributed by atoms with E-state index in [9.17, 15) is 8.42 Å². The molecule has 0 saturated heterocycles. The highest BCUT2D eigenvalue weighted by Gasteiger charge is 2.22. The number of rotatable bonds is 2. The van der Waals surface area contributed by atoms with Gasteiger partial charge >= 0.3 is 0 Å². The van der Waals surface area contributed by atoms with Crippen molar-refractivity contribution in [2.45, 2.75) is 18.7 Å². The van der Waals surface area contributed by atoms with Crippen LogP contribution in [0.25, 0.3) is 11.0 Å². The van der Waals surface area contributed by atoms with Gasteiger partial charge in [0.05, 0.1) is 4.90 Å². The highest BCUT2D eigenvalue weighted by molar-refractivity contribution is 7.90. The van der Waals surface area contributed by atoms with Gasteiger partial charge in [0.25, 0.3) is 10.0 Å². The van der Waals surface area contributed by atoms with Crippen LogP contribution in [0.15, 0.2) is 53.6 Å². The number of aryl methyl sites for hydroxylation is 2. The number of hydrogen-bond donors (Lipinski definition) is 0. The van der Waals surface area contributed by atoms with E-state index in [1.807, 2.05) is 19.1 Å². The van der Waals surface area contributed by atoms with Crippen molar-refractivity contribution in [1.82, 2.24) is 8.96 Å². The molecule has 0 amide bonds. The van der Waals surface area contributed by atoms with E-state index in [1.165, 1.54) is 3.97 Å². The van der Waals surface area contributed by atoms with Gasteiger partial charge in [-0.2, -0.15) is 0 Å². The SMILES string of the molecule is Cc1ccnc2c1cc(C)n2S(=O)(=O)c1ccccc1. The van der Waals surface area contributed by atoms with Crippen LogP contribution in [0.2, 0.25) is 0 Å². The van der Waals surface area contributed by atoms with Crippen molar-refractivity contribution in [3.63, 3.8) is 0 Å². The fourth-order valence-electron chi connectivity index (χ4n) is 2.33. The Balaban J connectivity index is 2.36. The molecular formula is C15H14N2O2S. The first-order chi connectivity index (χ1) is 9.51. The molecule has 20 heavy (non-hydrogen) atoms. The van der Waals surface area contributed by atoms with Gasteiger partial charge < -0.3 is 0 Å². The predicted molar refractivity (Wildman–Crippen MR) is 78.2 cm³/mol. The zero-order valence-corrected chi connectivity index (χ0v) is 12.1. The van der Waals surface area contributed by atoms with Crippen molar-refractivity contribution in [2.24, 2.45) is 0 Å². The smallest absolute Gasteiger partial charge is 0.237 e. The topological polar surface area (TPSA) is 52.0 Å². The maximum Gasteiger partial charge on any atom is 0.269 e. The largest absolute Gasteiger partial charge is 0.269 e. The van der Waals surface area contributed by atoms with E-state index < -0.39 is 10.0 Å². The quantitative estimate of drug-likeness (QED) is 0.728. The third kappa shape index (κ3) is 1.82. The second-order valence-corrected chi connectivity index (χ2v) is 6.52. The first kappa shape index (κ1) is 12.9. The summed E-state index contributed by atoms with van der Waals surface area (Å²) in [4.78, 5) is 4.51. The molecule has 0 atom stereocenters. The summed E-state index contributed by atoms with van der Waals surface area (Å²) in [5, 5.41) is 0.865. The molecule has 3 rings (SSSR count). The zero-order valence-electron chi connectivity index (χ0n) is 11.2. The third-order valence-electron chi connectivity index (χ3n) is 3.33. The normalized spacial score (nSPS) is 11.9. The molecule has 0 unspecified atom stereocenters. The van der Waals surface area contributed by atoms with Gasteiger partial charge in [0.1, 0.15) is 0 Å². The molecule has 0 aliphatic heterocycles. The standard InChI is InChI=1S/C15H14N2O2S/c1-11-8-9-16-15-14(11)10-12(2)17(15)20(18,19)13-6-4-3-5-7-13/h3-10H,1-2H3. The molecule has 0 aliphatic carbocycles. The third-order valence-corrected chi connectivity index (χ3v) is 5.14. The van der Waals surface area contributed by atoms with Crippen LogP contribution in [0.4, 0.5) is 0 Å². The number of aromatic nitrogens is 2. The Bertz CT molecular complexity index is 881. The fraction of sp³-hybridized carbons (Fsp3) is 0.133. The molecule has 102 valence electrons. The van der Waals surface area contributed by atoms with Gasteiger partial charge in [-0.15, -0.1) is 0 Å². The van der Waals surface area contributed by atoms with Crippen LogP contribution in [0, 0.1) is 13.8 Å². The van der Waals surface area contributed by atoms with E-state index >= 15 is 0 Å². The maximum atomic E-state index is 12.8. The summed E-state index contributed by atoms with van der Waals surface area (Å²) in [6, 6.07) is 12.1. The molecule has 0 spiro atoms. The van der Waals surface area contributed by atoms with Gasteiger partial charge in [0, 0.05) is 17.3 Å². The lowest BCUT2D eigenvalue weighted by Crippen LogP contribution is -2.14. The molecule has 1 aromatic carbocycles. The van der Waals surface area contributed by atoms with Crippen molar-refractivity contribution in [1.29, 1.82) is 0 Å². The van der Waals surface area contributed by atoms with Crippen molar-refractivity contribution >= 4 is 21.1 Å². The van der Waals surface area contributed by atoms with Crippen LogP contribution in [-0.2, 0) is 10.0 Å². The Morgan fingerprint density at radius 1 is 1.05 bits per heavy atom. The first-order valence-corrected chi connectivity index (χ1v) is 7.70. The van der Waals surface area contributed by atoms with Crippen LogP contribution in [-0.4, -0.2) is 17.4 Å². The van der Waals surface area contributed by atoms with Gasteiger partial charge in [-0.05, 0) is 43.7 Å². The summed E-state index contributed by atoms with van der Waals surface area (Å²) in [5.74, 6) is 0. The monoisotopic (exact) mass is 286 g/mol.